The first-order valence-electron chi connectivity index (χ1n) is 11.2. The minimum absolute atomic E-state index is 0.345. The predicted molar refractivity (Wildman–Crippen MR) is 131 cm³/mol. The van der Waals surface area contributed by atoms with Gasteiger partial charge in [0.2, 0.25) is 0 Å². The van der Waals surface area contributed by atoms with Gasteiger partial charge in [-0.05, 0) is 53.4 Å². The van der Waals surface area contributed by atoms with Crippen molar-refractivity contribution in [2.45, 2.75) is 31.8 Å². The molecule has 0 bridgehead atoms. The number of ether oxygens (including phenoxy) is 2. The van der Waals surface area contributed by atoms with E-state index < -0.39 is 17.6 Å². The zero-order valence-electron chi connectivity index (χ0n) is 19.2. The van der Waals surface area contributed by atoms with Crippen LogP contribution in [-0.4, -0.2) is 19.1 Å². The van der Waals surface area contributed by atoms with Crippen LogP contribution in [0.25, 0.3) is 11.0 Å². The Morgan fingerprint density at radius 1 is 0.971 bits per heavy atom. The summed E-state index contributed by atoms with van der Waals surface area (Å²) in [4.78, 5) is 26.5. The lowest BCUT2D eigenvalue weighted by atomic mass is 9.87. The van der Waals surface area contributed by atoms with Crippen molar-refractivity contribution in [2.75, 3.05) is 12.4 Å². The van der Waals surface area contributed by atoms with Crippen molar-refractivity contribution >= 4 is 22.6 Å². The first kappa shape index (κ1) is 21.8. The van der Waals surface area contributed by atoms with Crippen LogP contribution < -0.4 is 20.4 Å². The predicted octanol–water partition coefficient (Wildman–Crippen LogP) is 5.46. The molecule has 1 aliphatic heterocycles. The van der Waals surface area contributed by atoms with Crippen LogP contribution in [0.4, 0.5) is 5.69 Å². The van der Waals surface area contributed by atoms with Crippen LogP contribution in [0.1, 0.15) is 42.4 Å². The number of rotatable bonds is 5. The van der Waals surface area contributed by atoms with Crippen LogP contribution in [0, 0.1) is 0 Å². The largest absolute Gasteiger partial charge is 0.497 e. The molecule has 34 heavy (non-hydrogen) atoms. The van der Waals surface area contributed by atoms with Crippen molar-refractivity contribution in [1.82, 2.24) is 0 Å². The second-order valence-corrected chi connectivity index (χ2v) is 8.68. The number of fused-ring (bicyclic) bond motifs is 3. The number of carbonyl (C=O) groups excluding carboxylic acids is 1. The molecule has 3 aromatic carbocycles. The maximum atomic E-state index is 13.4. The number of amides is 1. The number of nitrogens with one attached hydrogen (secondary N) is 1. The summed E-state index contributed by atoms with van der Waals surface area (Å²) in [5.74, 6) is 0.511. The van der Waals surface area contributed by atoms with Crippen LogP contribution >= 0.6 is 0 Å². The Balaban J connectivity index is 1.59. The molecule has 4 aromatic rings. The monoisotopic (exact) mass is 455 g/mol. The number of hydrogen-bond acceptors (Lipinski definition) is 5. The quantitative estimate of drug-likeness (QED) is 0.405. The van der Waals surface area contributed by atoms with Gasteiger partial charge in [0.15, 0.2) is 6.10 Å². The highest BCUT2D eigenvalue weighted by Gasteiger charge is 2.44. The van der Waals surface area contributed by atoms with Crippen LogP contribution in [0.15, 0.2) is 82.0 Å². The van der Waals surface area contributed by atoms with Gasteiger partial charge in [-0.25, -0.2) is 4.79 Å². The normalized spacial score (nSPS) is 16.8. The minimum Gasteiger partial charge on any atom is -0.497 e. The van der Waals surface area contributed by atoms with E-state index >= 15 is 0 Å². The molecule has 172 valence electrons. The summed E-state index contributed by atoms with van der Waals surface area (Å²) >= 11 is 0. The molecule has 6 nitrogen and oxygen atoms in total. The van der Waals surface area contributed by atoms with Crippen molar-refractivity contribution in [1.29, 1.82) is 0 Å². The van der Waals surface area contributed by atoms with Crippen LogP contribution in [0.3, 0.4) is 0 Å². The summed E-state index contributed by atoms with van der Waals surface area (Å²) in [6, 6.07) is 22.2. The maximum absolute atomic E-state index is 13.4. The lowest BCUT2D eigenvalue weighted by Crippen LogP contribution is -2.35. The average Bonchev–Trinajstić information content (AvgIpc) is 3.26. The second kappa shape index (κ2) is 8.71. The molecule has 6 heteroatoms. The molecule has 2 heterocycles. The Kier molecular flexibility index (Phi) is 5.57. The van der Waals surface area contributed by atoms with E-state index in [1.165, 1.54) is 5.56 Å². The number of benzene rings is 3. The Hall–Kier alpha value is -4.06. The molecular formula is C28H25NO5. The van der Waals surface area contributed by atoms with E-state index in [2.05, 4.69) is 19.2 Å². The highest BCUT2D eigenvalue weighted by atomic mass is 16.5. The molecular weight excluding hydrogens is 430 g/mol. The van der Waals surface area contributed by atoms with Gasteiger partial charge in [-0.15, -0.1) is 0 Å². The van der Waals surface area contributed by atoms with Crippen LogP contribution in [0.2, 0.25) is 0 Å². The van der Waals surface area contributed by atoms with Gasteiger partial charge in [0.25, 0.3) is 5.91 Å². The van der Waals surface area contributed by atoms with E-state index in [0.29, 0.717) is 39.6 Å². The second-order valence-electron chi connectivity index (χ2n) is 8.68. The van der Waals surface area contributed by atoms with Crippen molar-refractivity contribution < 1.29 is 18.7 Å². The maximum Gasteiger partial charge on any atom is 0.344 e. The van der Waals surface area contributed by atoms with Gasteiger partial charge in [0.1, 0.15) is 17.1 Å². The Bertz CT molecular complexity index is 1400. The molecule has 5 rings (SSSR count). The smallest absolute Gasteiger partial charge is 0.344 e. The van der Waals surface area contributed by atoms with Crippen LogP contribution in [-0.2, 0) is 4.79 Å². The molecule has 1 amide bonds. The third kappa shape index (κ3) is 3.81. The van der Waals surface area contributed by atoms with Gasteiger partial charge in [0, 0.05) is 5.69 Å². The fraction of sp³-hybridized carbons (Fsp3) is 0.214. The van der Waals surface area contributed by atoms with Gasteiger partial charge in [0.05, 0.1) is 24.0 Å². The molecule has 1 aliphatic rings. The zero-order valence-corrected chi connectivity index (χ0v) is 19.2. The lowest BCUT2D eigenvalue weighted by Gasteiger charge is -2.19. The van der Waals surface area contributed by atoms with E-state index in [4.69, 9.17) is 13.9 Å². The molecule has 2 atom stereocenters. The third-order valence-electron chi connectivity index (χ3n) is 6.24. The van der Waals surface area contributed by atoms with E-state index in [-0.39, 0.29) is 5.91 Å². The molecule has 1 aromatic heterocycles. The SMILES string of the molecule is COc1ccc(NC(=O)[C@H]2Oc3c(c(=O)oc4ccccc34)[C@@H]2c2ccc(C(C)C)cc2)cc1. The highest BCUT2D eigenvalue weighted by molar-refractivity contribution is 5.97. The van der Waals surface area contributed by atoms with Gasteiger partial charge >= 0.3 is 5.63 Å². The molecule has 0 aliphatic carbocycles. The molecule has 0 fully saturated rings. The van der Waals surface area contributed by atoms with Crippen LogP contribution in [0.5, 0.6) is 11.5 Å². The van der Waals surface area contributed by atoms with Gasteiger partial charge in [-0.3, -0.25) is 4.79 Å². The van der Waals surface area contributed by atoms with Crippen molar-refractivity contribution in [2.24, 2.45) is 0 Å². The van der Waals surface area contributed by atoms with Crippen molar-refractivity contribution in [3.8, 4) is 11.5 Å². The summed E-state index contributed by atoms with van der Waals surface area (Å²) in [6.07, 6.45) is -0.935. The van der Waals surface area contributed by atoms with Crippen molar-refractivity contribution in [3.63, 3.8) is 0 Å². The number of methoxy groups -OCH3 is 1. The summed E-state index contributed by atoms with van der Waals surface area (Å²) in [5.41, 5.74) is 2.90. The van der Waals surface area contributed by atoms with Gasteiger partial charge < -0.3 is 19.2 Å². The number of para-hydroxylation sites is 1. The lowest BCUT2D eigenvalue weighted by molar-refractivity contribution is -0.122. The number of carbonyl (C=O) groups is 1. The number of anilines is 1. The summed E-state index contributed by atoms with van der Waals surface area (Å²) in [6.45, 7) is 4.24. The Morgan fingerprint density at radius 3 is 2.35 bits per heavy atom. The van der Waals surface area contributed by atoms with E-state index in [1.807, 2.05) is 36.4 Å². The minimum atomic E-state index is -0.935. The topological polar surface area (TPSA) is 77.8 Å². The first-order chi connectivity index (χ1) is 16.5. The number of hydrogen-bond donors (Lipinski definition) is 1. The van der Waals surface area contributed by atoms with E-state index in [0.717, 1.165) is 5.56 Å². The molecule has 0 spiro atoms. The third-order valence-corrected chi connectivity index (χ3v) is 6.24. The fourth-order valence-corrected chi connectivity index (χ4v) is 4.40. The standard InChI is InChI=1S/C28H25NO5/c1-16(2)17-8-10-18(11-9-17)23-24-25(21-6-4-5-7-22(21)33-28(24)31)34-26(23)27(30)29-19-12-14-20(32-3)15-13-19/h4-16,23,26H,1-3H3,(H,29,30)/t23-,26-/m0/s1. The summed E-state index contributed by atoms with van der Waals surface area (Å²) < 4.78 is 17.0. The summed E-state index contributed by atoms with van der Waals surface area (Å²) in [7, 11) is 1.59. The average molecular weight is 456 g/mol. The fourth-order valence-electron chi connectivity index (χ4n) is 4.40. The molecule has 0 saturated heterocycles. The Morgan fingerprint density at radius 2 is 1.68 bits per heavy atom. The first-order valence-corrected chi connectivity index (χ1v) is 11.2. The van der Waals surface area contributed by atoms with Gasteiger partial charge in [-0.2, -0.15) is 0 Å². The highest BCUT2D eigenvalue weighted by Crippen LogP contribution is 2.44. The molecule has 0 radical (unpaired) electrons. The molecule has 0 unspecified atom stereocenters. The van der Waals surface area contributed by atoms with Crippen molar-refractivity contribution in [3.05, 3.63) is 99.9 Å². The van der Waals surface area contributed by atoms with E-state index in [1.54, 1.807) is 43.5 Å². The summed E-state index contributed by atoms with van der Waals surface area (Å²) in [5, 5.41) is 3.58. The molecule has 0 saturated carbocycles. The van der Waals surface area contributed by atoms with E-state index in [9.17, 15) is 9.59 Å². The Labute approximate surface area is 197 Å². The van der Waals surface area contributed by atoms with Gasteiger partial charge in [-0.1, -0.05) is 50.2 Å². The molecule has 1 N–H and O–H groups in total. The zero-order chi connectivity index (χ0) is 23.8.